The molecule has 0 unspecified atom stereocenters. The van der Waals surface area contributed by atoms with E-state index >= 15 is 0 Å². The van der Waals surface area contributed by atoms with Gasteiger partial charge in [0.25, 0.3) is 5.56 Å². The maximum atomic E-state index is 12.5. The second kappa shape index (κ2) is 3.91. The fourth-order valence-corrected chi connectivity index (χ4v) is 1.91. The van der Waals surface area contributed by atoms with Crippen molar-refractivity contribution < 1.29 is 13.2 Å². The molecule has 19 heavy (non-hydrogen) atoms. The summed E-state index contributed by atoms with van der Waals surface area (Å²) in [5.41, 5.74) is 0.191. The van der Waals surface area contributed by atoms with Crippen molar-refractivity contribution in [2.24, 2.45) is 0 Å². The number of halogens is 3. The van der Waals surface area contributed by atoms with E-state index in [-0.39, 0.29) is 11.3 Å². The van der Waals surface area contributed by atoms with Gasteiger partial charge < -0.3 is 4.98 Å². The van der Waals surface area contributed by atoms with Crippen molar-refractivity contribution in [3.05, 3.63) is 44.4 Å². The first-order valence-electron chi connectivity index (χ1n) is 5.72. The van der Waals surface area contributed by atoms with Crippen molar-refractivity contribution in [1.82, 2.24) is 15.2 Å². The molecule has 1 aliphatic rings. The quantitative estimate of drug-likeness (QED) is 0.705. The average Bonchev–Trinajstić information content (AvgIpc) is 2.93. The lowest BCUT2D eigenvalue weighted by atomic mass is 10.3. The molecule has 2 heterocycles. The van der Waals surface area contributed by atoms with E-state index < -0.39 is 11.9 Å². The van der Waals surface area contributed by atoms with Crippen LogP contribution in [0.3, 0.4) is 0 Å². The monoisotopic (exact) mass is 269 g/mol. The summed E-state index contributed by atoms with van der Waals surface area (Å²) in [7, 11) is 0. The minimum atomic E-state index is -4.41. The minimum absolute atomic E-state index is 0.250. The molecule has 0 saturated heterocycles. The van der Waals surface area contributed by atoms with Gasteiger partial charge in [-0.2, -0.15) is 13.2 Å². The Hall–Kier alpha value is -2.18. The SMILES string of the molecule is O=c1[nH][nH]c(=C2CC2)c1=Cc1ccc(C(F)(F)F)[nH]1. The van der Waals surface area contributed by atoms with Gasteiger partial charge >= 0.3 is 6.18 Å². The zero-order valence-corrected chi connectivity index (χ0v) is 9.69. The van der Waals surface area contributed by atoms with Crippen molar-refractivity contribution >= 4 is 11.6 Å². The third-order valence-corrected chi connectivity index (χ3v) is 2.98. The molecule has 100 valence electrons. The van der Waals surface area contributed by atoms with Gasteiger partial charge in [-0.25, -0.2) is 0 Å². The van der Waals surface area contributed by atoms with Crippen LogP contribution in [-0.4, -0.2) is 15.2 Å². The Morgan fingerprint density at radius 1 is 1.16 bits per heavy atom. The van der Waals surface area contributed by atoms with Crippen LogP contribution < -0.4 is 16.1 Å². The number of hydrogen-bond donors (Lipinski definition) is 3. The molecule has 0 radical (unpaired) electrons. The van der Waals surface area contributed by atoms with Crippen molar-refractivity contribution in [3.63, 3.8) is 0 Å². The molecule has 2 aromatic heterocycles. The summed E-state index contributed by atoms with van der Waals surface area (Å²) >= 11 is 0. The Morgan fingerprint density at radius 3 is 2.47 bits per heavy atom. The largest absolute Gasteiger partial charge is 0.431 e. The summed E-state index contributed by atoms with van der Waals surface area (Å²) in [5.74, 6) is 0. The van der Waals surface area contributed by atoms with E-state index in [2.05, 4.69) is 15.2 Å². The first kappa shape index (κ1) is 11.9. The molecule has 2 aromatic rings. The predicted octanol–water partition coefficient (Wildman–Crippen LogP) is 0.823. The molecule has 0 bridgehead atoms. The maximum absolute atomic E-state index is 12.5. The standard InChI is InChI=1S/C12H10F3N3O/c13-12(14,15)9-4-3-7(16-9)5-8-10(6-1-2-6)17-18-11(8)19/h3-5,16-17H,1-2H2,(H,18,19). The molecule has 3 rings (SSSR count). The van der Waals surface area contributed by atoms with Gasteiger partial charge in [-0.1, -0.05) is 0 Å². The molecular weight excluding hydrogens is 259 g/mol. The van der Waals surface area contributed by atoms with Crippen LogP contribution in [0.4, 0.5) is 13.2 Å². The second-order valence-electron chi connectivity index (χ2n) is 4.44. The Balaban J connectivity index is 2.13. The van der Waals surface area contributed by atoms with Crippen LogP contribution in [0.5, 0.6) is 0 Å². The molecule has 3 N–H and O–H groups in total. The smallest absolute Gasteiger partial charge is 0.351 e. The number of H-pyrrole nitrogens is 3. The zero-order chi connectivity index (χ0) is 13.6. The molecule has 1 fully saturated rings. The van der Waals surface area contributed by atoms with E-state index in [0.29, 0.717) is 10.6 Å². The summed E-state index contributed by atoms with van der Waals surface area (Å²) in [6.45, 7) is 0. The number of hydrogen-bond acceptors (Lipinski definition) is 1. The van der Waals surface area contributed by atoms with E-state index in [4.69, 9.17) is 0 Å². The molecular formula is C12H10F3N3O. The van der Waals surface area contributed by atoms with Crippen LogP contribution in [0, 0.1) is 0 Å². The number of nitrogens with one attached hydrogen (secondary N) is 3. The third kappa shape index (κ3) is 2.23. The molecule has 0 amide bonds. The van der Waals surface area contributed by atoms with E-state index in [1.807, 2.05) is 0 Å². The van der Waals surface area contributed by atoms with Crippen molar-refractivity contribution in [2.75, 3.05) is 0 Å². The highest BCUT2D eigenvalue weighted by Gasteiger charge is 2.31. The Bertz CT molecular complexity index is 785. The number of aromatic nitrogens is 3. The summed E-state index contributed by atoms with van der Waals surface area (Å²) in [4.78, 5) is 13.9. The minimum Gasteiger partial charge on any atom is -0.351 e. The van der Waals surface area contributed by atoms with E-state index in [1.165, 1.54) is 12.1 Å². The molecule has 7 heteroatoms. The highest BCUT2D eigenvalue weighted by Crippen LogP contribution is 2.28. The van der Waals surface area contributed by atoms with Crippen LogP contribution in [0.1, 0.15) is 24.2 Å². The van der Waals surface area contributed by atoms with Gasteiger partial charge in [-0.05, 0) is 36.6 Å². The summed E-state index contributed by atoms with van der Waals surface area (Å²) in [6.07, 6.45) is -1.17. The summed E-state index contributed by atoms with van der Waals surface area (Å²) in [5, 5.41) is 6.25. The van der Waals surface area contributed by atoms with Crippen molar-refractivity contribution in [3.8, 4) is 0 Å². The van der Waals surface area contributed by atoms with Gasteiger partial charge in [0.1, 0.15) is 5.69 Å². The van der Waals surface area contributed by atoms with Gasteiger partial charge in [0.05, 0.1) is 10.6 Å². The predicted molar refractivity (Wildman–Crippen MR) is 62.7 cm³/mol. The normalized spacial score (nSPS) is 16.2. The molecule has 1 aliphatic carbocycles. The highest BCUT2D eigenvalue weighted by atomic mass is 19.4. The lowest BCUT2D eigenvalue weighted by molar-refractivity contribution is -0.140. The topological polar surface area (TPSA) is 64.4 Å². The highest BCUT2D eigenvalue weighted by molar-refractivity contribution is 5.58. The lowest BCUT2D eigenvalue weighted by Gasteiger charge is -2.01. The average molecular weight is 269 g/mol. The summed E-state index contributed by atoms with van der Waals surface area (Å²) in [6, 6.07) is 2.26. The van der Waals surface area contributed by atoms with Crippen LogP contribution in [0.15, 0.2) is 16.9 Å². The van der Waals surface area contributed by atoms with Gasteiger partial charge in [0, 0.05) is 5.69 Å². The molecule has 0 atom stereocenters. The van der Waals surface area contributed by atoms with Crippen LogP contribution in [-0.2, 0) is 6.18 Å². The second-order valence-corrected chi connectivity index (χ2v) is 4.44. The Kier molecular flexibility index (Phi) is 2.44. The van der Waals surface area contributed by atoms with Crippen LogP contribution in [0.2, 0.25) is 0 Å². The number of alkyl halides is 3. The fraction of sp³-hybridized carbons (Fsp3) is 0.250. The number of rotatable bonds is 1. The maximum Gasteiger partial charge on any atom is 0.431 e. The van der Waals surface area contributed by atoms with Crippen molar-refractivity contribution in [2.45, 2.75) is 19.0 Å². The molecule has 1 saturated carbocycles. The van der Waals surface area contributed by atoms with Gasteiger partial charge in [-0.15, -0.1) is 0 Å². The molecule has 0 spiro atoms. The Labute approximate surface area is 104 Å². The van der Waals surface area contributed by atoms with Gasteiger partial charge in [-0.3, -0.25) is 15.0 Å². The molecule has 0 aromatic carbocycles. The van der Waals surface area contributed by atoms with E-state index in [0.717, 1.165) is 24.5 Å². The van der Waals surface area contributed by atoms with E-state index in [1.54, 1.807) is 0 Å². The first-order chi connectivity index (χ1) is 8.95. The van der Waals surface area contributed by atoms with Crippen LogP contribution in [0.25, 0.3) is 11.6 Å². The fourth-order valence-electron chi connectivity index (χ4n) is 1.91. The number of aromatic amines is 3. The lowest BCUT2D eigenvalue weighted by Crippen LogP contribution is -2.33. The van der Waals surface area contributed by atoms with Crippen molar-refractivity contribution in [1.29, 1.82) is 0 Å². The molecule has 0 aliphatic heterocycles. The third-order valence-electron chi connectivity index (χ3n) is 2.98. The summed E-state index contributed by atoms with van der Waals surface area (Å²) < 4.78 is 37.4. The Morgan fingerprint density at radius 2 is 1.89 bits per heavy atom. The zero-order valence-electron chi connectivity index (χ0n) is 9.69. The van der Waals surface area contributed by atoms with Gasteiger partial charge in [0.2, 0.25) is 0 Å². The van der Waals surface area contributed by atoms with E-state index in [9.17, 15) is 18.0 Å². The molecule has 4 nitrogen and oxygen atoms in total. The van der Waals surface area contributed by atoms with Gasteiger partial charge in [0.15, 0.2) is 0 Å². The first-order valence-corrected chi connectivity index (χ1v) is 5.72. The van der Waals surface area contributed by atoms with Crippen LogP contribution >= 0.6 is 0 Å².